The van der Waals surface area contributed by atoms with Crippen molar-refractivity contribution in [2.75, 3.05) is 0 Å². The van der Waals surface area contributed by atoms with Gasteiger partial charge in [-0.05, 0) is 56.0 Å². The van der Waals surface area contributed by atoms with E-state index in [1.54, 1.807) is 6.07 Å². The highest BCUT2D eigenvalue weighted by atomic mass is 16.3. The summed E-state index contributed by atoms with van der Waals surface area (Å²) in [5, 5.41) is 9.10. The molecule has 0 spiro atoms. The molecule has 0 fully saturated rings. The van der Waals surface area contributed by atoms with Gasteiger partial charge in [-0.25, -0.2) is 0 Å². The summed E-state index contributed by atoms with van der Waals surface area (Å²) in [6.07, 6.45) is 0.891. The maximum absolute atomic E-state index is 10.4. The molecule has 19 heavy (non-hydrogen) atoms. The van der Waals surface area contributed by atoms with Crippen LogP contribution in [0, 0.1) is 27.7 Å². The quantitative estimate of drug-likeness (QED) is 0.779. The Hall–Kier alpha value is -2.09. The first-order chi connectivity index (χ1) is 8.97. The van der Waals surface area contributed by atoms with Gasteiger partial charge in [0.25, 0.3) is 0 Å². The Balaban J connectivity index is 0.000000191. The molecule has 1 N–H and O–H groups in total. The normalized spacial score (nSPS) is 9.47. The van der Waals surface area contributed by atoms with E-state index in [4.69, 9.17) is 5.11 Å². The van der Waals surface area contributed by atoms with Gasteiger partial charge < -0.3 is 5.11 Å². The first kappa shape index (κ1) is 15.0. The molecule has 0 aliphatic carbocycles. The molecule has 0 aliphatic rings. The van der Waals surface area contributed by atoms with Crippen molar-refractivity contribution in [3.8, 4) is 5.75 Å². The average Bonchev–Trinajstić information content (AvgIpc) is 2.40. The number of hydrogen-bond donors (Lipinski definition) is 1. The predicted octanol–water partition coefficient (Wildman–Crippen LogP) is 4.12. The molecule has 100 valence electrons. The van der Waals surface area contributed by atoms with Crippen LogP contribution in [0.3, 0.4) is 0 Å². The highest BCUT2D eigenvalue weighted by Crippen LogP contribution is 2.17. The van der Waals surface area contributed by atoms with E-state index in [9.17, 15) is 4.79 Å². The van der Waals surface area contributed by atoms with E-state index in [0.29, 0.717) is 5.75 Å². The maximum atomic E-state index is 10.4. The standard InChI is InChI=1S/C9H10O.C8H10O/c1-7-4-3-5-9(6-10)8(7)2;1-6-4-3-5-8(9)7(6)2/h3-6H,1-2H3;3-5,9H,1-2H3. The number of carbonyl (C=O) groups excluding carboxylic acids is 1. The number of aryl methyl sites for hydroxylation is 2. The van der Waals surface area contributed by atoms with Crippen molar-refractivity contribution in [1.82, 2.24) is 0 Å². The summed E-state index contributed by atoms with van der Waals surface area (Å²) in [4.78, 5) is 10.4. The van der Waals surface area contributed by atoms with Crippen LogP contribution in [-0.4, -0.2) is 11.4 Å². The number of aldehydes is 1. The fraction of sp³-hybridized carbons (Fsp3) is 0.235. The predicted molar refractivity (Wildman–Crippen MR) is 78.9 cm³/mol. The number of rotatable bonds is 1. The summed E-state index contributed by atoms with van der Waals surface area (Å²) < 4.78 is 0. The molecule has 0 atom stereocenters. The van der Waals surface area contributed by atoms with Crippen molar-refractivity contribution in [2.45, 2.75) is 27.7 Å². The molecule has 0 saturated carbocycles. The summed E-state index contributed by atoms with van der Waals surface area (Å²) in [7, 11) is 0. The highest BCUT2D eigenvalue weighted by molar-refractivity contribution is 5.77. The fourth-order valence-electron chi connectivity index (χ4n) is 1.64. The van der Waals surface area contributed by atoms with Crippen molar-refractivity contribution in [2.24, 2.45) is 0 Å². The molecule has 0 amide bonds. The number of phenolic OH excluding ortho intramolecular Hbond substituents is 1. The largest absolute Gasteiger partial charge is 0.508 e. The molecular formula is C17H20O2. The molecule has 0 saturated heterocycles. The molecule has 0 aliphatic heterocycles. The van der Waals surface area contributed by atoms with Gasteiger partial charge in [-0.3, -0.25) is 4.79 Å². The molecular weight excluding hydrogens is 236 g/mol. The lowest BCUT2D eigenvalue weighted by Crippen LogP contribution is -1.87. The molecule has 0 bridgehead atoms. The Bertz CT molecular complexity index is 551. The van der Waals surface area contributed by atoms with Gasteiger partial charge in [0, 0.05) is 5.56 Å². The van der Waals surface area contributed by atoms with Crippen LogP contribution in [0.1, 0.15) is 32.6 Å². The average molecular weight is 256 g/mol. The van der Waals surface area contributed by atoms with Crippen molar-refractivity contribution < 1.29 is 9.90 Å². The van der Waals surface area contributed by atoms with Crippen molar-refractivity contribution in [3.05, 3.63) is 64.2 Å². The van der Waals surface area contributed by atoms with E-state index in [-0.39, 0.29) is 0 Å². The lowest BCUT2D eigenvalue weighted by molar-refractivity contribution is 0.112. The lowest BCUT2D eigenvalue weighted by Gasteiger charge is -1.99. The number of aromatic hydroxyl groups is 1. The second-order valence-electron chi connectivity index (χ2n) is 4.63. The van der Waals surface area contributed by atoms with Gasteiger partial charge in [0.1, 0.15) is 12.0 Å². The number of phenols is 1. The molecule has 2 heteroatoms. The monoisotopic (exact) mass is 256 g/mol. The first-order valence-electron chi connectivity index (χ1n) is 6.24. The van der Waals surface area contributed by atoms with Crippen LogP contribution >= 0.6 is 0 Å². The van der Waals surface area contributed by atoms with Gasteiger partial charge in [-0.1, -0.05) is 30.3 Å². The molecule has 2 aromatic carbocycles. The zero-order valence-corrected chi connectivity index (χ0v) is 11.9. The summed E-state index contributed by atoms with van der Waals surface area (Å²) in [5.74, 6) is 0.384. The fourth-order valence-corrected chi connectivity index (χ4v) is 1.64. The van der Waals surface area contributed by atoms with Crippen LogP contribution in [0.2, 0.25) is 0 Å². The van der Waals surface area contributed by atoms with Gasteiger partial charge in [-0.15, -0.1) is 0 Å². The number of carbonyl (C=O) groups is 1. The van der Waals surface area contributed by atoms with E-state index in [0.717, 1.165) is 28.5 Å². The molecule has 0 unspecified atom stereocenters. The van der Waals surface area contributed by atoms with E-state index in [1.165, 1.54) is 5.56 Å². The molecule has 2 nitrogen and oxygen atoms in total. The highest BCUT2D eigenvalue weighted by Gasteiger charge is 1.96. The third-order valence-corrected chi connectivity index (χ3v) is 3.35. The molecule has 0 heterocycles. The van der Waals surface area contributed by atoms with Gasteiger partial charge >= 0.3 is 0 Å². The topological polar surface area (TPSA) is 37.3 Å². The Labute approximate surface area is 114 Å². The summed E-state index contributed by atoms with van der Waals surface area (Å²) in [6.45, 7) is 7.85. The number of hydrogen-bond acceptors (Lipinski definition) is 2. The van der Waals surface area contributed by atoms with E-state index in [1.807, 2.05) is 58.0 Å². The van der Waals surface area contributed by atoms with Crippen LogP contribution < -0.4 is 0 Å². The van der Waals surface area contributed by atoms with E-state index < -0.39 is 0 Å². The van der Waals surface area contributed by atoms with Crippen molar-refractivity contribution in [1.29, 1.82) is 0 Å². The van der Waals surface area contributed by atoms with Crippen LogP contribution in [0.5, 0.6) is 5.75 Å². The Morgan fingerprint density at radius 1 is 0.842 bits per heavy atom. The molecule has 2 rings (SSSR count). The third kappa shape index (κ3) is 3.95. The zero-order chi connectivity index (χ0) is 14.4. The van der Waals surface area contributed by atoms with Crippen LogP contribution in [0.4, 0.5) is 0 Å². The molecule has 0 aromatic heterocycles. The zero-order valence-electron chi connectivity index (χ0n) is 11.9. The van der Waals surface area contributed by atoms with Gasteiger partial charge in [0.2, 0.25) is 0 Å². The Morgan fingerprint density at radius 3 is 1.79 bits per heavy atom. The van der Waals surface area contributed by atoms with Gasteiger partial charge in [0.05, 0.1) is 0 Å². The first-order valence-corrected chi connectivity index (χ1v) is 6.24. The third-order valence-electron chi connectivity index (χ3n) is 3.35. The molecule has 0 radical (unpaired) electrons. The van der Waals surface area contributed by atoms with Crippen LogP contribution in [0.25, 0.3) is 0 Å². The second-order valence-corrected chi connectivity index (χ2v) is 4.63. The minimum Gasteiger partial charge on any atom is -0.508 e. The minimum atomic E-state index is 0.384. The smallest absolute Gasteiger partial charge is 0.150 e. The van der Waals surface area contributed by atoms with Crippen molar-refractivity contribution in [3.63, 3.8) is 0 Å². The lowest BCUT2D eigenvalue weighted by atomic mass is 10.1. The second kappa shape index (κ2) is 6.74. The van der Waals surface area contributed by atoms with Crippen LogP contribution in [-0.2, 0) is 0 Å². The van der Waals surface area contributed by atoms with E-state index in [2.05, 4.69) is 0 Å². The summed E-state index contributed by atoms with van der Waals surface area (Å²) in [5.41, 5.74) is 5.15. The Kier molecular flexibility index (Phi) is 5.31. The number of benzene rings is 2. The van der Waals surface area contributed by atoms with Gasteiger partial charge in [-0.2, -0.15) is 0 Å². The Morgan fingerprint density at radius 2 is 1.37 bits per heavy atom. The van der Waals surface area contributed by atoms with Crippen LogP contribution in [0.15, 0.2) is 36.4 Å². The molecule has 2 aromatic rings. The maximum Gasteiger partial charge on any atom is 0.150 e. The SMILES string of the molecule is Cc1cccc(C=O)c1C.Cc1cccc(O)c1C. The summed E-state index contributed by atoms with van der Waals surface area (Å²) >= 11 is 0. The van der Waals surface area contributed by atoms with E-state index >= 15 is 0 Å². The van der Waals surface area contributed by atoms with Crippen molar-refractivity contribution >= 4 is 6.29 Å². The van der Waals surface area contributed by atoms with Gasteiger partial charge in [0.15, 0.2) is 0 Å². The minimum absolute atomic E-state index is 0.384. The summed E-state index contributed by atoms with van der Waals surface area (Å²) in [6, 6.07) is 11.2.